The first-order valence-electron chi connectivity index (χ1n) is 19.3. The number of aromatic nitrogens is 1. The summed E-state index contributed by atoms with van der Waals surface area (Å²) < 4.78 is 44.6. The smallest absolute Gasteiger partial charge is 0.408 e. The molecular weight excluding hydrogens is 777 g/mol. The Balaban J connectivity index is 1.19. The van der Waals surface area contributed by atoms with Crippen molar-refractivity contribution in [3.8, 4) is 11.6 Å². The average molecular weight is 825 g/mol. The molecule has 0 spiro atoms. The SMILES string of the molecule is C=C[C@@H]1C[C@]1(NC(=O)[C@@H]1CC(Oc2nccc3cc(OC)ccc23)CN1C(=O)[C@H](CCC(=O)N1C[C@H]2C[C@@H]1C(=O)O2)N(C(=O)O)C(C)(C)C)C(=O)NS(=O)(=O)C1CC1. The molecule has 5 amide bonds. The number of carbonyl (C=O) groups excluding carboxylic acids is 5. The standard InChI is InChI=1S/C39H48N6O12S/c1-6-22-18-39(22,36(50)42-58(53,54)26-8-9-26)41-32(47)29-16-24(56-33-27-10-7-23(55-5)15-21(27)13-14-40-33)20-44(29)34(48)28(45(37(51)52)38(2,3)4)11-12-31(46)43-19-25-17-30(43)35(49)57-25/h6-7,10,13-15,22,24-26,28-30H,1,8-9,11-12,16-20H2,2-5H3,(H,41,47)(H,42,50)(H,51,52)/t22-,24?,25-,28+,29+,30-,39-/m1/s1. The summed E-state index contributed by atoms with van der Waals surface area (Å²) in [5.74, 6) is -3.27. The molecule has 3 aliphatic heterocycles. The van der Waals surface area contributed by atoms with Crippen LogP contribution in [0.3, 0.4) is 0 Å². The highest BCUT2D eigenvalue weighted by molar-refractivity contribution is 7.91. The zero-order valence-corrected chi connectivity index (χ0v) is 33.5. The second kappa shape index (κ2) is 15.0. The number of rotatable bonds is 14. The van der Waals surface area contributed by atoms with Crippen LogP contribution in [0.1, 0.15) is 65.7 Å². The Morgan fingerprint density at radius 1 is 1.14 bits per heavy atom. The first-order chi connectivity index (χ1) is 27.4. The van der Waals surface area contributed by atoms with E-state index in [1.807, 2.05) is 0 Å². The van der Waals surface area contributed by atoms with Gasteiger partial charge in [-0.3, -0.25) is 28.8 Å². The number of hydrogen-bond donors (Lipinski definition) is 3. The van der Waals surface area contributed by atoms with Crippen LogP contribution in [0.2, 0.25) is 0 Å². The van der Waals surface area contributed by atoms with Crippen molar-refractivity contribution in [3.05, 3.63) is 43.1 Å². The van der Waals surface area contributed by atoms with E-state index in [1.165, 1.54) is 29.2 Å². The minimum Gasteiger partial charge on any atom is -0.497 e. The number of ether oxygens (including phenoxy) is 3. The summed E-state index contributed by atoms with van der Waals surface area (Å²) in [5, 5.41) is 13.9. The normalized spacial score (nSPS) is 26.8. The Morgan fingerprint density at radius 2 is 1.88 bits per heavy atom. The molecule has 312 valence electrons. The summed E-state index contributed by atoms with van der Waals surface area (Å²) in [5.41, 5.74) is -2.82. The highest BCUT2D eigenvalue weighted by Gasteiger charge is 2.62. The van der Waals surface area contributed by atoms with Crippen LogP contribution in [0.5, 0.6) is 11.6 Å². The zero-order chi connectivity index (χ0) is 41.9. The van der Waals surface area contributed by atoms with E-state index in [-0.39, 0.29) is 44.7 Å². The van der Waals surface area contributed by atoms with Crippen molar-refractivity contribution in [2.75, 3.05) is 20.2 Å². The van der Waals surface area contributed by atoms with Crippen molar-refractivity contribution in [1.82, 2.24) is 29.7 Å². The fraction of sp³-hybridized carbons (Fsp3) is 0.564. The summed E-state index contributed by atoms with van der Waals surface area (Å²) in [6.45, 7) is 8.53. The number of methoxy groups -OCH3 is 1. The minimum absolute atomic E-state index is 0.0612. The molecule has 1 unspecified atom stereocenters. The lowest BCUT2D eigenvalue weighted by Gasteiger charge is -2.41. The number of hydrogen-bond acceptors (Lipinski definition) is 12. The number of nitrogens with zero attached hydrogens (tertiary/aromatic N) is 4. The molecule has 5 fully saturated rings. The Morgan fingerprint density at radius 3 is 2.48 bits per heavy atom. The number of carbonyl (C=O) groups is 6. The van der Waals surface area contributed by atoms with Gasteiger partial charge in [0.25, 0.3) is 5.91 Å². The second-order valence-corrected chi connectivity index (χ2v) is 18.6. The molecule has 0 radical (unpaired) electrons. The van der Waals surface area contributed by atoms with Crippen LogP contribution in [0, 0.1) is 5.92 Å². The number of likely N-dealkylation sites (tertiary alicyclic amines) is 2. The molecule has 2 aliphatic carbocycles. The molecule has 2 aromatic rings. The highest BCUT2D eigenvalue weighted by atomic mass is 32.2. The lowest BCUT2D eigenvalue weighted by Crippen LogP contribution is -2.61. The van der Waals surface area contributed by atoms with Gasteiger partial charge in [-0.2, -0.15) is 0 Å². The summed E-state index contributed by atoms with van der Waals surface area (Å²) in [4.78, 5) is 89.6. The third-order valence-electron chi connectivity index (χ3n) is 11.6. The Labute approximate surface area is 335 Å². The van der Waals surface area contributed by atoms with Gasteiger partial charge in [0.15, 0.2) is 0 Å². The van der Waals surface area contributed by atoms with Crippen molar-refractivity contribution < 1.29 is 56.5 Å². The predicted octanol–water partition coefficient (Wildman–Crippen LogP) is 1.71. The molecule has 3 N–H and O–H groups in total. The van der Waals surface area contributed by atoms with E-state index in [2.05, 4.69) is 21.6 Å². The summed E-state index contributed by atoms with van der Waals surface area (Å²) in [6, 6.07) is 3.48. The third kappa shape index (κ3) is 7.75. The van der Waals surface area contributed by atoms with Crippen molar-refractivity contribution in [3.63, 3.8) is 0 Å². The molecule has 1 aromatic carbocycles. The summed E-state index contributed by atoms with van der Waals surface area (Å²) in [6.07, 6.45) is 0.808. The summed E-state index contributed by atoms with van der Waals surface area (Å²) >= 11 is 0. The number of nitrogens with one attached hydrogen (secondary N) is 2. The van der Waals surface area contributed by atoms with Gasteiger partial charge >= 0.3 is 12.1 Å². The molecule has 7 atom stereocenters. The van der Waals surface area contributed by atoms with E-state index in [0.717, 1.165) is 10.3 Å². The van der Waals surface area contributed by atoms with Gasteiger partial charge in [-0.05, 0) is 76.1 Å². The van der Waals surface area contributed by atoms with Crippen molar-refractivity contribution in [2.45, 2.75) is 112 Å². The first kappa shape index (κ1) is 40.7. The van der Waals surface area contributed by atoms with Crippen LogP contribution in [-0.4, -0.2) is 136 Å². The topological polar surface area (TPSA) is 231 Å². The maximum Gasteiger partial charge on any atom is 0.408 e. The number of carboxylic acid groups (broad SMARTS) is 1. The van der Waals surface area contributed by atoms with Gasteiger partial charge in [0.05, 0.1) is 25.4 Å². The lowest BCUT2D eigenvalue weighted by atomic mass is 9.98. The predicted molar refractivity (Wildman–Crippen MR) is 205 cm³/mol. The molecule has 4 heterocycles. The van der Waals surface area contributed by atoms with Gasteiger partial charge in [0, 0.05) is 42.3 Å². The number of esters is 1. The van der Waals surface area contributed by atoms with Crippen LogP contribution >= 0.6 is 0 Å². The largest absolute Gasteiger partial charge is 0.497 e. The number of amides is 5. The molecular formula is C39H48N6O12S. The van der Waals surface area contributed by atoms with Crippen molar-refractivity contribution in [1.29, 1.82) is 0 Å². The van der Waals surface area contributed by atoms with E-state index >= 15 is 0 Å². The summed E-state index contributed by atoms with van der Waals surface area (Å²) in [7, 11) is -2.44. The lowest BCUT2D eigenvalue weighted by molar-refractivity contribution is -0.157. The zero-order valence-electron chi connectivity index (χ0n) is 32.7. The highest BCUT2D eigenvalue weighted by Crippen LogP contribution is 2.46. The van der Waals surface area contributed by atoms with E-state index in [9.17, 15) is 42.3 Å². The van der Waals surface area contributed by atoms with Gasteiger partial charge in [0.2, 0.25) is 33.6 Å². The van der Waals surface area contributed by atoms with Crippen LogP contribution in [0.25, 0.3) is 10.8 Å². The Bertz CT molecular complexity index is 2170. The van der Waals surface area contributed by atoms with E-state index in [0.29, 0.717) is 30.4 Å². The van der Waals surface area contributed by atoms with Crippen molar-refractivity contribution >= 4 is 56.5 Å². The van der Waals surface area contributed by atoms with E-state index < -0.39 is 98.3 Å². The van der Waals surface area contributed by atoms with Gasteiger partial charge < -0.3 is 34.4 Å². The molecule has 1 aromatic heterocycles. The first-order valence-corrected chi connectivity index (χ1v) is 20.8. The van der Waals surface area contributed by atoms with Gasteiger partial charge in [-0.1, -0.05) is 6.08 Å². The Hall–Kier alpha value is -5.46. The Kier molecular flexibility index (Phi) is 10.6. The number of benzene rings is 1. The maximum atomic E-state index is 14.9. The van der Waals surface area contributed by atoms with E-state index in [1.54, 1.807) is 45.0 Å². The number of pyridine rings is 1. The molecule has 2 bridgehead atoms. The quantitative estimate of drug-likeness (QED) is 0.182. The third-order valence-corrected chi connectivity index (χ3v) is 13.4. The van der Waals surface area contributed by atoms with Gasteiger partial charge in [-0.15, -0.1) is 6.58 Å². The molecule has 7 rings (SSSR count). The second-order valence-electron chi connectivity index (χ2n) is 16.6. The number of fused-ring (bicyclic) bond motifs is 3. The molecule has 58 heavy (non-hydrogen) atoms. The van der Waals surface area contributed by atoms with Crippen LogP contribution in [0.15, 0.2) is 43.1 Å². The van der Waals surface area contributed by atoms with Crippen LogP contribution in [0.4, 0.5) is 4.79 Å². The molecule has 5 aliphatic rings. The van der Waals surface area contributed by atoms with Crippen molar-refractivity contribution in [2.24, 2.45) is 5.92 Å². The maximum absolute atomic E-state index is 14.9. The monoisotopic (exact) mass is 824 g/mol. The van der Waals surface area contributed by atoms with E-state index in [4.69, 9.17) is 14.2 Å². The molecule has 3 saturated heterocycles. The molecule has 2 saturated carbocycles. The fourth-order valence-electron chi connectivity index (χ4n) is 8.37. The van der Waals surface area contributed by atoms with Gasteiger partial charge in [-0.25, -0.2) is 23.0 Å². The average Bonchev–Trinajstić information content (AvgIpc) is 4.02. The number of morpholine rings is 1. The minimum atomic E-state index is -3.98. The van der Waals surface area contributed by atoms with Crippen LogP contribution in [-0.2, 0) is 38.7 Å². The van der Waals surface area contributed by atoms with Crippen LogP contribution < -0.4 is 19.5 Å². The van der Waals surface area contributed by atoms with Gasteiger partial charge in [0.1, 0.15) is 41.6 Å². The number of sulfonamides is 1. The molecule has 18 nitrogen and oxygen atoms in total. The fourth-order valence-corrected chi connectivity index (χ4v) is 9.74. The molecule has 19 heteroatoms.